The average molecular weight is 389 g/mol. The lowest BCUT2D eigenvalue weighted by molar-refractivity contribution is 0.611. The Morgan fingerprint density at radius 1 is 0.567 bits per heavy atom. The molecule has 5 rings (SSSR count). The van der Waals surface area contributed by atoms with Gasteiger partial charge in [0.2, 0.25) is 0 Å². The van der Waals surface area contributed by atoms with Crippen molar-refractivity contribution in [3.05, 3.63) is 138 Å². The van der Waals surface area contributed by atoms with E-state index in [9.17, 15) is 0 Å². The zero-order valence-electron chi connectivity index (χ0n) is 17.0. The van der Waals surface area contributed by atoms with Crippen molar-refractivity contribution >= 4 is 11.0 Å². The number of para-hydroxylation sites is 2. The molecule has 146 valence electrons. The normalized spacial score (nSPS) is 12.3. The number of imidazole rings is 1. The van der Waals surface area contributed by atoms with Crippen LogP contribution in [0.25, 0.3) is 11.0 Å². The molecule has 0 aliphatic heterocycles. The van der Waals surface area contributed by atoms with Gasteiger partial charge in [-0.2, -0.15) is 0 Å². The van der Waals surface area contributed by atoms with Crippen LogP contribution >= 0.6 is 0 Å². The number of nitrogens with zero attached hydrogens (tertiary/aromatic N) is 2. The average Bonchev–Trinajstić information content (AvgIpc) is 3.19. The van der Waals surface area contributed by atoms with Crippen molar-refractivity contribution in [2.45, 2.75) is 18.9 Å². The van der Waals surface area contributed by atoms with Crippen LogP contribution in [0.1, 0.15) is 41.4 Å². The summed E-state index contributed by atoms with van der Waals surface area (Å²) >= 11 is 0. The minimum absolute atomic E-state index is 0.0611. The van der Waals surface area contributed by atoms with Crippen molar-refractivity contribution in [2.24, 2.45) is 0 Å². The maximum atomic E-state index is 5.18. The van der Waals surface area contributed by atoms with E-state index in [2.05, 4.69) is 127 Å². The molecule has 0 bridgehead atoms. The van der Waals surface area contributed by atoms with Gasteiger partial charge in [-0.1, -0.05) is 103 Å². The SMILES string of the molecule is CC(c1ccccc1)n1c(C(c2ccccc2)c2ccccc2)nc2ccccc21. The van der Waals surface area contributed by atoms with Gasteiger partial charge in [-0.25, -0.2) is 4.98 Å². The van der Waals surface area contributed by atoms with Crippen LogP contribution in [0, 0.1) is 0 Å². The lowest BCUT2D eigenvalue weighted by Crippen LogP contribution is -2.16. The lowest BCUT2D eigenvalue weighted by atomic mass is 9.90. The second kappa shape index (κ2) is 8.00. The molecule has 2 heteroatoms. The Labute approximate surface area is 177 Å². The summed E-state index contributed by atoms with van der Waals surface area (Å²) in [6.45, 7) is 2.26. The van der Waals surface area contributed by atoms with Gasteiger partial charge in [0.15, 0.2) is 0 Å². The molecule has 0 amide bonds. The van der Waals surface area contributed by atoms with Gasteiger partial charge in [0.25, 0.3) is 0 Å². The Hall–Kier alpha value is -3.65. The fourth-order valence-electron chi connectivity index (χ4n) is 4.34. The molecule has 4 aromatic carbocycles. The van der Waals surface area contributed by atoms with Gasteiger partial charge in [-0.05, 0) is 35.7 Å². The van der Waals surface area contributed by atoms with E-state index >= 15 is 0 Å². The third kappa shape index (κ3) is 3.31. The lowest BCUT2D eigenvalue weighted by Gasteiger charge is -2.24. The minimum atomic E-state index is 0.0611. The molecule has 1 aromatic heterocycles. The maximum Gasteiger partial charge on any atom is 0.122 e. The van der Waals surface area contributed by atoms with Gasteiger partial charge < -0.3 is 4.57 Å². The number of rotatable bonds is 5. The van der Waals surface area contributed by atoms with Gasteiger partial charge in [0, 0.05) is 0 Å². The molecule has 0 radical (unpaired) electrons. The third-order valence-corrected chi connectivity index (χ3v) is 5.82. The minimum Gasteiger partial charge on any atom is -0.320 e. The summed E-state index contributed by atoms with van der Waals surface area (Å²) in [7, 11) is 0. The molecule has 0 saturated heterocycles. The largest absolute Gasteiger partial charge is 0.320 e. The molecule has 0 spiro atoms. The van der Waals surface area contributed by atoms with Crippen LogP contribution < -0.4 is 0 Å². The molecule has 1 unspecified atom stereocenters. The first kappa shape index (κ1) is 18.4. The zero-order chi connectivity index (χ0) is 20.3. The molecule has 2 nitrogen and oxygen atoms in total. The predicted octanol–water partition coefficient (Wildman–Crippen LogP) is 6.83. The summed E-state index contributed by atoms with van der Waals surface area (Å²) in [5.74, 6) is 1.14. The molecular formula is C28H24N2. The van der Waals surface area contributed by atoms with E-state index in [4.69, 9.17) is 4.98 Å². The van der Waals surface area contributed by atoms with Gasteiger partial charge in [0.05, 0.1) is 23.0 Å². The number of aromatic nitrogens is 2. The maximum absolute atomic E-state index is 5.18. The number of hydrogen-bond acceptors (Lipinski definition) is 1. The van der Waals surface area contributed by atoms with Crippen molar-refractivity contribution < 1.29 is 0 Å². The summed E-state index contributed by atoms with van der Waals surface area (Å²) < 4.78 is 2.41. The van der Waals surface area contributed by atoms with Crippen LogP contribution in [0.4, 0.5) is 0 Å². The summed E-state index contributed by atoms with van der Waals surface area (Å²) in [5.41, 5.74) is 5.98. The van der Waals surface area contributed by atoms with E-state index in [0.29, 0.717) is 0 Å². The van der Waals surface area contributed by atoms with Crippen LogP contribution in [0.3, 0.4) is 0 Å². The highest BCUT2D eigenvalue weighted by Gasteiger charge is 2.26. The van der Waals surface area contributed by atoms with E-state index in [0.717, 1.165) is 11.3 Å². The third-order valence-electron chi connectivity index (χ3n) is 5.82. The summed E-state index contributed by atoms with van der Waals surface area (Å²) in [5, 5.41) is 0. The molecule has 5 aromatic rings. The highest BCUT2D eigenvalue weighted by atomic mass is 15.1. The highest BCUT2D eigenvalue weighted by Crippen LogP contribution is 2.36. The second-order valence-electron chi connectivity index (χ2n) is 7.67. The van der Waals surface area contributed by atoms with Crippen molar-refractivity contribution in [2.75, 3.05) is 0 Å². The van der Waals surface area contributed by atoms with Crippen LogP contribution in [0.5, 0.6) is 0 Å². The van der Waals surface area contributed by atoms with Crippen molar-refractivity contribution in [1.29, 1.82) is 0 Å². The molecule has 0 N–H and O–H groups in total. The van der Waals surface area contributed by atoms with Gasteiger partial charge in [-0.3, -0.25) is 0 Å². The number of hydrogen-bond donors (Lipinski definition) is 0. The van der Waals surface area contributed by atoms with Crippen LogP contribution in [-0.4, -0.2) is 9.55 Å². The number of benzene rings is 4. The summed E-state index contributed by atoms with van der Waals surface area (Å²) in [6.07, 6.45) is 0. The van der Waals surface area contributed by atoms with Crippen molar-refractivity contribution in [3.8, 4) is 0 Å². The fraction of sp³-hybridized carbons (Fsp3) is 0.107. The Bertz CT molecular complexity index is 1200. The van der Waals surface area contributed by atoms with Crippen molar-refractivity contribution in [3.63, 3.8) is 0 Å². The Morgan fingerprint density at radius 3 is 1.60 bits per heavy atom. The summed E-state index contributed by atoms with van der Waals surface area (Å²) in [6, 6.07) is 40.7. The molecule has 0 aliphatic rings. The van der Waals surface area contributed by atoms with Crippen molar-refractivity contribution in [1.82, 2.24) is 9.55 Å². The molecule has 30 heavy (non-hydrogen) atoms. The molecule has 1 heterocycles. The van der Waals surface area contributed by atoms with Crippen LogP contribution in [0.15, 0.2) is 115 Å². The van der Waals surface area contributed by atoms with Gasteiger partial charge >= 0.3 is 0 Å². The number of fused-ring (bicyclic) bond motifs is 1. The quantitative estimate of drug-likeness (QED) is 0.323. The smallest absolute Gasteiger partial charge is 0.122 e. The highest BCUT2D eigenvalue weighted by molar-refractivity contribution is 5.77. The van der Waals surface area contributed by atoms with Gasteiger partial charge in [0.1, 0.15) is 5.82 Å². The molecular weight excluding hydrogens is 364 g/mol. The Morgan fingerprint density at radius 2 is 1.03 bits per heavy atom. The van der Waals surface area contributed by atoms with Crippen LogP contribution in [0.2, 0.25) is 0 Å². The fourth-order valence-corrected chi connectivity index (χ4v) is 4.34. The van der Waals surface area contributed by atoms with E-state index in [1.807, 2.05) is 0 Å². The molecule has 0 fully saturated rings. The van der Waals surface area contributed by atoms with E-state index < -0.39 is 0 Å². The topological polar surface area (TPSA) is 17.8 Å². The van der Waals surface area contributed by atoms with E-state index in [1.54, 1.807) is 0 Å². The van der Waals surface area contributed by atoms with Crippen LogP contribution in [-0.2, 0) is 0 Å². The Kier molecular flexibility index (Phi) is 4.90. The van der Waals surface area contributed by atoms with Gasteiger partial charge in [-0.15, -0.1) is 0 Å². The first-order valence-corrected chi connectivity index (χ1v) is 10.4. The molecule has 1 atom stereocenters. The first-order valence-electron chi connectivity index (χ1n) is 10.4. The molecule has 0 aliphatic carbocycles. The monoisotopic (exact) mass is 388 g/mol. The standard InChI is InChI=1S/C28H24N2/c1-21(22-13-5-2-6-14-22)30-26-20-12-11-19-25(26)29-28(30)27(23-15-7-3-8-16-23)24-17-9-4-10-18-24/h2-21,27H,1H3. The van der Waals surface area contributed by atoms with E-state index in [1.165, 1.54) is 22.2 Å². The van der Waals surface area contributed by atoms with E-state index in [-0.39, 0.29) is 12.0 Å². The molecule has 0 saturated carbocycles. The Balaban J connectivity index is 1.78. The zero-order valence-corrected chi connectivity index (χ0v) is 17.0. The summed E-state index contributed by atoms with van der Waals surface area (Å²) in [4.78, 5) is 5.18. The first-order chi connectivity index (χ1) is 14.8. The second-order valence-corrected chi connectivity index (χ2v) is 7.67. The predicted molar refractivity (Wildman–Crippen MR) is 124 cm³/mol.